The van der Waals surface area contributed by atoms with Crippen LogP contribution >= 0.6 is 0 Å². The molecule has 1 aliphatic heterocycles. The van der Waals surface area contributed by atoms with Crippen LogP contribution in [-0.4, -0.2) is 13.7 Å². The van der Waals surface area contributed by atoms with Crippen LogP contribution in [0.3, 0.4) is 0 Å². The number of ether oxygens (including phenoxy) is 2. The molecule has 1 aromatic carbocycles. The Bertz CT molecular complexity index is 532. The van der Waals surface area contributed by atoms with Gasteiger partial charge in [0.1, 0.15) is 0 Å². The second kappa shape index (κ2) is 6.01. The van der Waals surface area contributed by atoms with Crippen molar-refractivity contribution >= 4 is 0 Å². The van der Waals surface area contributed by atoms with Crippen molar-refractivity contribution in [2.75, 3.05) is 13.7 Å². The molecule has 86 valence electrons. The molecule has 1 aliphatic rings. The van der Waals surface area contributed by atoms with Gasteiger partial charge in [-0.2, -0.15) is 0 Å². The van der Waals surface area contributed by atoms with Crippen molar-refractivity contribution < 1.29 is 47.8 Å². The first-order valence-electron chi connectivity index (χ1n) is 5.05. The summed E-state index contributed by atoms with van der Waals surface area (Å²) in [4.78, 5) is 0. The van der Waals surface area contributed by atoms with E-state index in [2.05, 4.69) is 8.40 Å². The van der Waals surface area contributed by atoms with Gasteiger partial charge >= 0.3 is 123 Å². The van der Waals surface area contributed by atoms with Crippen molar-refractivity contribution in [3.05, 3.63) is 41.0 Å². The SMILES string of the molecule is COc1ccc(C2OCC([C]#[Mo])=C2[C]#[Mo])cc1. The third-order valence-corrected chi connectivity index (χ3v) is 3.78. The summed E-state index contributed by atoms with van der Waals surface area (Å²) in [5.74, 6) is 0.858. The first-order chi connectivity index (χ1) is 8.30. The number of methoxy groups -OCH3 is 1. The van der Waals surface area contributed by atoms with E-state index in [4.69, 9.17) is 9.47 Å². The van der Waals surface area contributed by atoms with Crippen LogP contribution < -0.4 is 4.74 Å². The van der Waals surface area contributed by atoms with Gasteiger partial charge < -0.3 is 0 Å². The van der Waals surface area contributed by atoms with Crippen molar-refractivity contribution in [2.24, 2.45) is 0 Å². The van der Waals surface area contributed by atoms with Gasteiger partial charge in [-0.1, -0.05) is 0 Å². The Labute approximate surface area is 122 Å². The molecule has 0 saturated heterocycles. The summed E-state index contributed by atoms with van der Waals surface area (Å²) in [6.07, 6.45) is -0.0159. The molecule has 2 rings (SSSR count). The molecule has 0 aromatic heterocycles. The van der Waals surface area contributed by atoms with Crippen LogP contribution in [0.4, 0.5) is 0 Å². The van der Waals surface area contributed by atoms with E-state index in [0.717, 1.165) is 22.5 Å². The molecule has 1 atom stereocenters. The van der Waals surface area contributed by atoms with Crippen LogP contribution in [0.25, 0.3) is 0 Å². The average Bonchev–Trinajstić information content (AvgIpc) is 2.81. The molecule has 4 heteroatoms. The maximum atomic E-state index is 5.78. The number of benzene rings is 1. The quantitative estimate of drug-likeness (QED) is 0.721. The van der Waals surface area contributed by atoms with E-state index < -0.39 is 0 Å². The zero-order valence-electron chi connectivity index (χ0n) is 9.23. The van der Waals surface area contributed by atoms with Crippen LogP contribution in [0.5, 0.6) is 5.75 Å². The summed E-state index contributed by atoms with van der Waals surface area (Å²) in [6, 6.07) is 7.96. The Hall–Kier alpha value is -0.343. The minimum atomic E-state index is -0.0159. The van der Waals surface area contributed by atoms with Gasteiger partial charge in [-0.05, 0) is 0 Å². The molecule has 17 heavy (non-hydrogen) atoms. The Kier molecular flexibility index (Phi) is 4.63. The molecule has 0 aliphatic carbocycles. The van der Waals surface area contributed by atoms with Gasteiger partial charge in [-0.3, -0.25) is 0 Å². The van der Waals surface area contributed by atoms with Crippen molar-refractivity contribution in [2.45, 2.75) is 6.10 Å². The fourth-order valence-electron chi connectivity index (χ4n) is 1.73. The number of hydrogen-bond acceptors (Lipinski definition) is 2. The van der Waals surface area contributed by atoms with Gasteiger partial charge in [0, 0.05) is 0 Å². The Morgan fingerprint density at radius 3 is 2.47 bits per heavy atom. The van der Waals surface area contributed by atoms with E-state index in [-0.39, 0.29) is 6.10 Å². The van der Waals surface area contributed by atoms with Crippen molar-refractivity contribution in [1.29, 1.82) is 0 Å². The Morgan fingerprint density at radius 1 is 1.24 bits per heavy atom. The minimum absolute atomic E-state index is 0.0159. The summed E-state index contributed by atoms with van der Waals surface area (Å²) in [7, 11) is 1.67. The molecule has 0 N–H and O–H groups in total. The third kappa shape index (κ3) is 2.74. The van der Waals surface area contributed by atoms with Crippen LogP contribution in [0.2, 0.25) is 0 Å². The molecule has 0 radical (unpaired) electrons. The number of hydrogen-bond donors (Lipinski definition) is 0. The van der Waals surface area contributed by atoms with Gasteiger partial charge in [0.2, 0.25) is 0 Å². The van der Waals surface area contributed by atoms with Crippen molar-refractivity contribution in [3.63, 3.8) is 0 Å². The molecule has 0 spiro atoms. The summed E-state index contributed by atoms with van der Waals surface area (Å²) >= 11 is 3.68. The van der Waals surface area contributed by atoms with Crippen LogP contribution in [0, 0.1) is 8.40 Å². The van der Waals surface area contributed by atoms with E-state index >= 15 is 0 Å². The predicted molar refractivity (Wildman–Crippen MR) is 56.5 cm³/mol. The molecular formula is C13H10Mo2O2. The van der Waals surface area contributed by atoms with E-state index in [1.165, 1.54) is 0 Å². The first kappa shape index (κ1) is 13.1. The van der Waals surface area contributed by atoms with E-state index in [9.17, 15) is 0 Å². The summed E-state index contributed by atoms with van der Waals surface area (Å²) < 4.78 is 17.3. The van der Waals surface area contributed by atoms with Crippen LogP contribution in [0.1, 0.15) is 11.7 Å². The third-order valence-electron chi connectivity index (χ3n) is 2.63. The molecule has 1 heterocycles. The standard InChI is InChI=1S/C13H10O2.2Mo/c1-9-8-15-13(10(9)2)11-4-6-12(14-3)7-5-11;;/h4-7,13H,8H2,3H3;;. The topological polar surface area (TPSA) is 18.5 Å². The molecule has 1 aromatic rings. The van der Waals surface area contributed by atoms with Crippen molar-refractivity contribution in [1.82, 2.24) is 0 Å². The average molecular weight is 390 g/mol. The van der Waals surface area contributed by atoms with Gasteiger partial charge in [-0.25, -0.2) is 0 Å². The van der Waals surface area contributed by atoms with Gasteiger partial charge in [-0.15, -0.1) is 0 Å². The van der Waals surface area contributed by atoms with Crippen LogP contribution in [-0.2, 0) is 43.0 Å². The predicted octanol–water partition coefficient (Wildman–Crippen LogP) is 2.08. The fraction of sp³-hybridized carbons (Fsp3) is 0.231. The van der Waals surface area contributed by atoms with Gasteiger partial charge in [0.15, 0.2) is 0 Å². The fourth-order valence-corrected chi connectivity index (χ4v) is 2.71. The normalized spacial score (nSPS) is 18.6. The molecule has 0 bridgehead atoms. The first-order valence-corrected chi connectivity index (χ1v) is 7.05. The zero-order chi connectivity index (χ0) is 12.3. The van der Waals surface area contributed by atoms with E-state index in [1.54, 1.807) is 7.11 Å². The molecule has 0 fully saturated rings. The monoisotopic (exact) mass is 394 g/mol. The molecule has 0 saturated carbocycles. The molecular weight excluding hydrogens is 380 g/mol. The van der Waals surface area contributed by atoms with E-state index in [1.807, 2.05) is 62.6 Å². The van der Waals surface area contributed by atoms with E-state index in [0.29, 0.717) is 6.61 Å². The van der Waals surface area contributed by atoms with Gasteiger partial charge in [0.05, 0.1) is 0 Å². The Balaban J connectivity index is 2.33. The summed E-state index contributed by atoms with van der Waals surface area (Å²) in [5.41, 5.74) is 3.34. The van der Waals surface area contributed by atoms with Gasteiger partial charge in [0.25, 0.3) is 0 Å². The maximum absolute atomic E-state index is 5.78. The number of rotatable bonds is 2. The molecule has 2 nitrogen and oxygen atoms in total. The Morgan fingerprint density at radius 2 is 1.94 bits per heavy atom. The summed E-state index contributed by atoms with van der Waals surface area (Å²) in [5, 5.41) is 0. The zero-order valence-corrected chi connectivity index (χ0v) is 13.2. The second-order valence-corrected chi connectivity index (χ2v) is 4.56. The summed E-state index contributed by atoms with van der Waals surface area (Å²) in [6.45, 7) is 0.619. The molecule has 1 unspecified atom stereocenters. The molecule has 0 amide bonds. The van der Waals surface area contributed by atoms with Crippen LogP contribution in [0.15, 0.2) is 35.4 Å². The second-order valence-electron chi connectivity index (χ2n) is 3.56. The van der Waals surface area contributed by atoms with Crippen molar-refractivity contribution in [3.8, 4) is 14.2 Å².